The van der Waals surface area contributed by atoms with E-state index in [-0.39, 0.29) is 16.9 Å². The van der Waals surface area contributed by atoms with E-state index in [1.165, 1.54) is 0 Å². The molecule has 1 aliphatic heterocycles. The van der Waals surface area contributed by atoms with Gasteiger partial charge < -0.3 is 19.7 Å². The van der Waals surface area contributed by atoms with Crippen LogP contribution in [0.25, 0.3) is 0 Å². The maximum atomic E-state index is 12.6. The second-order valence-corrected chi connectivity index (χ2v) is 7.17. The molecule has 0 aliphatic carbocycles. The first-order valence-electron chi connectivity index (χ1n) is 9.89. The van der Waals surface area contributed by atoms with Gasteiger partial charge in [-0.3, -0.25) is 14.9 Å². The van der Waals surface area contributed by atoms with Gasteiger partial charge in [0, 0.05) is 29.9 Å². The highest BCUT2D eigenvalue weighted by molar-refractivity contribution is 7.80. The van der Waals surface area contributed by atoms with Gasteiger partial charge in [-0.15, -0.1) is 0 Å². The Morgan fingerprint density at radius 3 is 2.53 bits per heavy atom. The number of amides is 2. The summed E-state index contributed by atoms with van der Waals surface area (Å²) in [7, 11) is 0. The molecule has 2 amide bonds. The number of carbonyl (C=O) groups is 2. The fourth-order valence-electron chi connectivity index (χ4n) is 2.94. The number of hydrogen-bond acceptors (Lipinski definition) is 5. The van der Waals surface area contributed by atoms with Crippen molar-refractivity contribution in [3.63, 3.8) is 0 Å². The van der Waals surface area contributed by atoms with Crippen molar-refractivity contribution < 1.29 is 19.1 Å². The molecule has 1 saturated heterocycles. The average molecular weight is 428 g/mol. The van der Waals surface area contributed by atoms with Crippen LogP contribution >= 0.6 is 12.2 Å². The molecule has 1 heterocycles. The lowest BCUT2D eigenvalue weighted by Gasteiger charge is -2.27. The monoisotopic (exact) mass is 427 g/mol. The number of ether oxygens (including phenoxy) is 2. The second-order valence-electron chi connectivity index (χ2n) is 6.77. The van der Waals surface area contributed by atoms with E-state index in [4.69, 9.17) is 21.7 Å². The average Bonchev–Trinajstić information content (AvgIpc) is 2.78. The summed E-state index contributed by atoms with van der Waals surface area (Å²) >= 11 is 5.25. The third-order valence-corrected chi connectivity index (χ3v) is 4.69. The van der Waals surface area contributed by atoms with Crippen molar-refractivity contribution in [3.8, 4) is 5.75 Å². The molecule has 8 heteroatoms. The lowest BCUT2D eigenvalue weighted by molar-refractivity contribution is 0.0303. The predicted octanol–water partition coefficient (Wildman–Crippen LogP) is 3.07. The highest BCUT2D eigenvalue weighted by Gasteiger charge is 2.18. The van der Waals surface area contributed by atoms with Gasteiger partial charge >= 0.3 is 0 Å². The van der Waals surface area contributed by atoms with Crippen LogP contribution in [-0.2, 0) is 4.74 Å². The van der Waals surface area contributed by atoms with E-state index in [0.29, 0.717) is 49.7 Å². The van der Waals surface area contributed by atoms with Crippen LogP contribution in [0.4, 0.5) is 5.69 Å². The van der Waals surface area contributed by atoms with Gasteiger partial charge in [0.05, 0.1) is 19.8 Å². The Balaban J connectivity index is 1.56. The Kier molecular flexibility index (Phi) is 7.75. The first kappa shape index (κ1) is 21.7. The molecular weight excluding hydrogens is 402 g/mol. The molecule has 1 aliphatic rings. The predicted molar refractivity (Wildman–Crippen MR) is 119 cm³/mol. The summed E-state index contributed by atoms with van der Waals surface area (Å²) in [5.74, 6) is 0.341. The number of benzene rings is 2. The normalized spacial score (nSPS) is 13.4. The summed E-state index contributed by atoms with van der Waals surface area (Å²) in [6.07, 6.45) is 0.918. The van der Waals surface area contributed by atoms with Gasteiger partial charge in [-0.2, -0.15) is 0 Å². The van der Waals surface area contributed by atoms with Gasteiger partial charge in [-0.25, -0.2) is 0 Å². The highest BCUT2D eigenvalue weighted by atomic mass is 32.1. The Hall–Kier alpha value is -2.97. The Morgan fingerprint density at radius 1 is 1.10 bits per heavy atom. The van der Waals surface area contributed by atoms with Crippen molar-refractivity contribution in [2.75, 3.05) is 38.2 Å². The van der Waals surface area contributed by atoms with E-state index in [9.17, 15) is 9.59 Å². The molecule has 0 aromatic heterocycles. The summed E-state index contributed by atoms with van der Waals surface area (Å²) in [6.45, 7) is 4.91. The van der Waals surface area contributed by atoms with Crippen LogP contribution in [0.3, 0.4) is 0 Å². The fourth-order valence-corrected chi connectivity index (χ4v) is 3.15. The number of hydrogen-bond donors (Lipinski definition) is 2. The third kappa shape index (κ3) is 6.01. The van der Waals surface area contributed by atoms with Crippen LogP contribution in [-0.4, -0.2) is 54.7 Å². The van der Waals surface area contributed by atoms with Crippen LogP contribution in [0, 0.1) is 0 Å². The quantitative estimate of drug-likeness (QED) is 0.690. The molecule has 2 N–H and O–H groups in total. The van der Waals surface area contributed by atoms with Crippen molar-refractivity contribution >= 4 is 34.8 Å². The van der Waals surface area contributed by atoms with Crippen molar-refractivity contribution in [2.45, 2.75) is 13.3 Å². The van der Waals surface area contributed by atoms with Crippen LogP contribution < -0.4 is 15.4 Å². The molecule has 0 atom stereocenters. The van der Waals surface area contributed by atoms with Crippen LogP contribution in [0.1, 0.15) is 34.1 Å². The lowest BCUT2D eigenvalue weighted by atomic mass is 10.1. The van der Waals surface area contributed by atoms with Crippen molar-refractivity contribution in [2.24, 2.45) is 0 Å². The number of anilines is 1. The second kappa shape index (κ2) is 10.7. The summed E-state index contributed by atoms with van der Waals surface area (Å²) < 4.78 is 10.8. The molecule has 30 heavy (non-hydrogen) atoms. The number of nitrogens with zero attached hydrogens (tertiary/aromatic N) is 1. The van der Waals surface area contributed by atoms with Crippen LogP contribution in [0.15, 0.2) is 48.5 Å². The number of nitrogens with one attached hydrogen (secondary N) is 2. The smallest absolute Gasteiger partial charge is 0.257 e. The minimum atomic E-state index is -0.324. The van der Waals surface area contributed by atoms with Crippen molar-refractivity contribution in [1.29, 1.82) is 0 Å². The lowest BCUT2D eigenvalue weighted by Crippen LogP contribution is -2.40. The third-order valence-electron chi connectivity index (χ3n) is 4.48. The Labute approximate surface area is 181 Å². The summed E-state index contributed by atoms with van der Waals surface area (Å²) in [5, 5.41) is 5.76. The first-order chi connectivity index (χ1) is 14.6. The molecule has 0 radical (unpaired) electrons. The van der Waals surface area contributed by atoms with E-state index in [0.717, 1.165) is 12.2 Å². The van der Waals surface area contributed by atoms with Gasteiger partial charge in [0.2, 0.25) is 0 Å². The minimum Gasteiger partial charge on any atom is -0.494 e. The standard InChI is InChI=1S/C22H25N3O4S/c1-2-12-29-19-8-6-16(7-9-19)20(26)24-22(30)23-18-5-3-4-17(15-18)21(27)25-10-13-28-14-11-25/h3-9,15H,2,10-14H2,1H3,(H2,23,24,26,30). The van der Waals surface area contributed by atoms with Crippen molar-refractivity contribution in [3.05, 3.63) is 59.7 Å². The topological polar surface area (TPSA) is 79.9 Å². The van der Waals surface area contributed by atoms with E-state index in [1.54, 1.807) is 53.4 Å². The molecule has 0 unspecified atom stereocenters. The number of thiocarbonyl (C=S) groups is 1. The maximum Gasteiger partial charge on any atom is 0.257 e. The molecule has 2 aromatic carbocycles. The molecule has 7 nitrogen and oxygen atoms in total. The largest absolute Gasteiger partial charge is 0.494 e. The van der Waals surface area contributed by atoms with Crippen LogP contribution in [0.2, 0.25) is 0 Å². The molecule has 1 fully saturated rings. The SMILES string of the molecule is CCCOc1ccc(C(=O)NC(=S)Nc2cccc(C(=O)N3CCOCC3)c2)cc1. The van der Waals surface area contributed by atoms with E-state index in [2.05, 4.69) is 10.6 Å². The molecule has 3 rings (SSSR count). The zero-order valence-electron chi connectivity index (χ0n) is 16.8. The summed E-state index contributed by atoms with van der Waals surface area (Å²) in [5.41, 5.74) is 1.65. The zero-order valence-corrected chi connectivity index (χ0v) is 17.7. The summed E-state index contributed by atoms with van der Waals surface area (Å²) in [6, 6.07) is 13.9. The minimum absolute atomic E-state index is 0.0534. The maximum absolute atomic E-state index is 12.6. The molecular formula is C22H25N3O4S. The number of morpholine rings is 1. The molecule has 0 bridgehead atoms. The number of carbonyl (C=O) groups excluding carboxylic acids is 2. The van der Waals surface area contributed by atoms with Gasteiger partial charge in [-0.1, -0.05) is 13.0 Å². The van der Waals surface area contributed by atoms with Gasteiger partial charge in [0.25, 0.3) is 11.8 Å². The van der Waals surface area contributed by atoms with Crippen molar-refractivity contribution in [1.82, 2.24) is 10.2 Å². The highest BCUT2D eigenvalue weighted by Crippen LogP contribution is 2.15. The van der Waals surface area contributed by atoms with Gasteiger partial charge in [0.15, 0.2) is 5.11 Å². The molecule has 2 aromatic rings. The number of rotatable bonds is 6. The van der Waals surface area contributed by atoms with E-state index >= 15 is 0 Å². The van der Waals surface area contributed by atoms with Gasteiger partial charge in [0.1, 0.15) is 5.75 Å². The van der Waals surface area contributed by atoms with E-state index in [1.807, 2.05) is 6.92 Å². The zero-order chi connectivity index (χ0) is 21.3. The molecule has 158 valence electrons. The molecule has 0 saturated carbocycles. The first-order valence-corrected chi connectivity index (χ1v) is 10.3. The van der Waals surface area contributed by atoms with Gasteiger partial charge in [-0.05, 0) is 61.1 Å². The fraction of sp³-hybridized carbons (Fsp3) is 0.318. The Morgan fingerprint density at radius 2 is 1.83 bits per heavy atom. The van der Waals surface area contributed by atoms with Crippen LogP contribution in [0.5, 0.6) is 5.75 Å². The summed E-state index contributed by atoms with van der Waals surface area (Å²) in [4.78, 5) is 26.8. The molecule has 0 spiro atoms. The van der Waals surface area contributed by atoms with E-state index < -0.39 is 0 Å². The Bertz CT molecular complexity index is 896.